The first-order chi connectivity index (χ1) is 16.2. The molecular formula is C27H25N5O. The predicted molar refractivity (Wildman–Crippen MR) is 131 cm³/mol. The van der Waals surface area contributed by atoms with E-state index in [2.05, 4.69) is 63.3 Å². The molecule has 3 aromatic heterocycles. The lowest BCUT2D eigenvalue weighted by molar-refractivity contribution is 0.111. The summed E-state index contributed by atoms with van der Waals surface area (Å²) in [4.78, 5) is 19.5. The second kappa shape index (κ2) is 8.30. The van der Waals surface area contributed by atoms with E-state index in [0.717, 1.165) is 70.3 Å². The summed E-state index contributed by atoms with van der Waals surface area (Å²) >= 11 is 0. The lowest BCUT2D eigenvalue weighted by atomic mass is 10.0. The van der Waals surface area contributed by atoms with E-state index >= 15 is 0 Å². The molecular weight excluding hydrogens is 410 g/mol. The van der Waals surface area contributed by atoms with Gasteiger partial charge in [0.1, 0.15) is 18.1 Å². The van der Waals surface area contributed by atoms with E-state index in [4.69, 9.17) is 9.72 Å². The number of nitrogens with zero attached hydrogens (tertiary/aromatic N) is 4. The van der Waals surface area contributed by atoms with Crippen molar-refractivity contribution < 1.29 is 4.74 Å². The van der Waals surface area contributed by atoms with E-state index in [0.29, 0.717) is 5.88 Å². The van der Waals surface area contributed by atoms with Gasteiger partial charge in [-0.1, -0.05) is 36.4 Å². The van der Waals surface area contributed by atoms with Crippen molar-refractivity contribution in [3.8, 4) is 28.3 Å². The standard InChI is InChI=1S/C27H25N5O/c1-32-13-11-20(12-14-32)33-27-22-15-19(7-9-25(22)29-17-30-27)23-16-28-26-21(23)8-10-24(31-26)18-5-3-2-4-6-18/h2-10,15-17,20H,11-14H2,1H3,(H,28,31). The number of aromatic nitrogens is 4. The van der Waals surface area contributed by atoms with E-state index < -0.39 is 0 Å². The predicted octanol–water partition coefficient (Wildman–Crippen LogP) is 5.31. The number of benzene rings is 2. The highest BCUT2D eigenvalue weighted by Gasteiger charge is 2.20. The zero-order valence-electron chi connectivity index (χ0n) is 18.5. The molecule has 0 bridgehead atoms. The van der Waals surface area contributed by atoms with Gasteiger partial charge < -0.3 is 14.6 Å². The minimum absolute atomic E-state index is 0.191. The molecule has 5 aromatic rings. The van der Waals surface area contributed by atoms with Gasteiger partial charge in [0.25, 0.3) is 0 Å². The molecule has 0 atom stereocenters. The largest absolute Gasteiger partial charge is 0.474 e. The van der Waals surface area contributed by atoms with Crippen LogP contribution in [0.4, 0.5) is 0 Å². The lowest BCUT2D eigenvalue weighted by Gasteiger charge is -2.29. The first-order valence-corrected chi connectivity index (χ1v) is 11.4. The van der Waals surface area contributed by atoms with Crippen molar-refractivity contribution in [2.45, 2.75) is 18.9 Å². The fourth-order valence-electron chi connectivity index (χ4n) is 4.57. The summed E-state index contributed by atoms with van der Waals surface area (Å²) in [5.74, 6) is 0.667. The summed E-state index contributed by atoms with van der Waals surface area (Å²) in [6, 6.07) is 20.7. The smallest absolute Gasteiger partial charge is 0.224 e. The Morgan fingerprint density at radius 1 is 0.909 bits per heavy atom. The summed E-state index contributed by atoms with van der Waals surface area (Å²) in [5, 5.41) is 2.03. The number of hydrogen-bond acceptors (Lipinski definition) is 5. The Balaban J connectivity index is 1.36. The van der Waals surface area contributed by atoms with Crippen LogP contribution < -0.4 is 4.74 Å². The van der Waals surface area contributed by atoms with E-state index in [9.17, 15) is 0 Å². The summed E-state index contributed by atoms with van der Waals surface area (Å²) < 4.78 is 6.34. The Labute approximate surface area is 192 Å². The maximum absolute atomic E-state index is 6.34. The van der Waals surface area contributed by atoms with Crippen LogP contribution in [-0.2, 0) is 0 Å². The molecule has 164 valence electrons. The maximum atomic E-state index is 6.34. The average molecular weight is 436 g/mol. The third kappa shape index (κ3) is 3.83. The molecule has 33 heavy (non-hydrogen) atoms. The molecule has 1 saturated heterocycles. The number of hydrogen-bond donors (Lipinski definition) is 1. The van der Waals surface area contributed by atoms with Gasteiger partial charge in [-0.05, 0) is 49.7 Å². The fourth-order valence-corrected chi connectivity index (χ4v) is 4.57. The van der Waals surface area contributed by atoms with E-state index in [1.807, 2.05) is 30.5 Å². The van der Waals surface area contributed by atoms with Gasteiger partial charge in [0.05, 0.1) is 16.6 Å². The third-order valence-corrected chi connectivity index (χ3v) is 6.46. The second-order valence-electron chi connectivity index (χ2n) is 8.69. The molecule has 6 nitrogen and oxygen atoms in total. The van der Waals surface area contributed by atoms with Crippen molar-refractivity contribution in [3.05, 3.63) is 73.2 Å². The van der Waals surface area contributed by atoms with Crippen molar-refractivity contribution >= 4 is 21.9 Å². The van der Waals surface area contributed by atoms with Crippen LogP contribution in [-0.4, -0.2) is 51.1 Å². The van der Waals surface area contributed by atoms with Crippen LogP contribution in [0.2, 0.25) is 0 Å². The molecule has 1 aliphatic heterocycles. The topological polar surface area (TPSA) is 66.9 Å². The van der Waals surface area contributed by atoms with Crippen molar-refractivity contribution in [2.75, 3.05) is 20.1 Å². The third-order valence-electron chi connectivity index (χ3n) is 6.46. The van der Waals surface area contributed by atoms with Crippen LogP contribution in [0.1, 0.15) is 12.8 Å². The van der Waals surface area contributed by atoms with Gasteiger partial charge in [-0.3, -0.25) is 0 Å². The Bertz CT molecular complexity index is 1420. The van der Waals surface area contributed by atoms with Crippen LogP contribution in [0.25, 0.3) is 44.3 Å². The molecule has 6 heteroatoms. The number of piperidine rings is 1. The Kier molecular flexibility index (Phi) is 5.00. The van der Waals surface area contributed by atoms with Crippen molar-refractivity contribution in [3.63, 3.8) is 0 Å². The molecule has 0 radical (unpaired) electrons. The van der Waals surface area contributed by atoms with Crippen LogP contribution >= 0.6 is 0 Å². The summed E-state index contributed by atoms with van der Waals surface area (Å²) in [6.45, 7) is 2.10. The highest BCUT2D eigenvalue weighted by Crippen LogP contribution is 2.33. The van der Waals surface area contributed by atoms with Gasteiger partial charge in [-0.2, -0.15) is 0 Å². The van der Waals surface area contributed by atoms with E-state index in [1.54, 1.807) is 6.33 Å². The highest BCUT2D eigenvalue weighted by atomic mass is 16.5. The van der Waals surface area contributed by atoms with Gasteiger partial charge in [-0.15, -0.1) is 0 Å². The number of rotatable bonds is 4. The van der Waals surface area contributed by atoms with Gasteiger partial charge in [0.2, 0.25) is 5.88 Å². The molecule has 6 rings (SSSR count). The number of likely N-dealkylation sites (tertiary alicyclic amines) is 1. The molecule has 1 aliphatic rings. The maximum Gasteiger partial charge on any atom is 0.224 e. The first-order valence-electron chi connectivity index (χ1n) is 11.4. The Hall–Kier alpha value is -3.77. The normalized spacial score (nSPS) is 15.3. The van der Waals surface area contributed by atoms with Crippen molar-refractivity contribution in [1.29, 1.82) is 0 Å². The molecule has 0 saturated carbocycles. The molecule has 0 spiro atoms. The van der Waals surface area contributed by atoms with Gasteiger partial charge in [0, 0.05) is 35.8 Å². The number of nitrogens with one attached hydrogen (secondary N) is 1. The molecule has 1 fully saturated rings. The monoisotopic (exact) mass is 435 g/mol. The van der Waals surface area contributed by atoms with E-state index in [-0.39, 0.29) is 6.10 Å². The average Bonchev–Trinajstić information content (AvgIpc) is 3.29. The number of pyridine rings is 1. The van der Waals surface area contributed by atoms with E-state index in [1.165, 1.54) is 0 Å². The Morgan fingerprint density at radius 3 is 2.61 bits per heavy atom. The quantitative estimate of drug-likeness (QED) is 0.414. The molecule has 0 amide bonds. The molecule has 0 unspecified atom stereocenters. The summed E-state index contributed by atoms with van der Waals surface area (Å²) in [7, 11) is 2.15. The fraction of sp³-hybridized carbons (Fsp3) is 0.222. The van der Waals surface area contributed by atoms with Crippen molar-refractivity contribution in [2.24, 2.45) is 0 Å². The zero-order valence-corrected chi connectivity index (χ0v) is 18.5. The van der Waals surface area contributed by atoms with Crippen LogP contribution in [0, 0.1) is 0 Å². The number of ether oxygens (including phenoxy) is 1. The zero-order chi connectivity index (χ0) is 22.2. The van der Waals surface area contributed by atoms with Crippen molar-refractivity contribution in [1.82, 2.24) is 24.8 Å². The Morgan fingerprint density at radius 2 is 1.76 bits per heavy atom. The van der Waals surface area contributed by atoms with Crippen LogP contribution in [0.5, 0.6) is 5.88 Å². The number of H-pyrrole nitrogens is 1. The SMILES string of the molecule is CN1CCC(Oc2ncnc3ccc(-c4c[nH]c5nc(-c6ccccc6)ccc45)cc23)CC1. The summed E-state index contributed by atoms with van der Waals surface area (Å²) in [6.07, 6.45) is 5.83. The van der Waals surface area contributed by atoms with Gasteiger partial charge in [0.15, 0.2) is 0 Å². The second-order valence-corrected chi connectivity index (χ2v) is 8.69. The first kappa shape index (κ1) is 19.9. The molecule has 2 aromatic carbocycles. The highest BCUT2D eigenvalue weighted by molar-refractivity contribution is 5.97. The molecule has 1 N–H and O–H groups in total. The molecule has 0 aliphatic carbocycles. The minimum Gasteiger partial charge on any atom is -0.474 e. The number of fused-ring (bicyclic) bond motifs is 2. The van der Waals surface area contributed by atoms with Gasteiger partial charge in [-0.25, -0.2) is 15.0 Å². The van der Waals surface area contributed by atoms with Crippen LogP contribution in [0.3, 0.4) is 0 Å². The lowest BCUT2D eigenvalue weighted by Crippen LogP contribution is -2.35. The minimum atomic E-state index is 0.191. The van der Waals surface area contributed by atoms with Crippen LogP contribution in [0.15, 0.2) is 73.2 Å². The number of aromatic amines is 1. The van der Waals surface area contributed by atoms with Gasteiger partial charge >= 0.3 is 0 Å². The summed E-state index contributed by atoms with van der Waals surface area (Å²) in [5.41, 5.74) is 6.02. The molecule has 4 heterocycles.